The molecular weight excluding hydrogens is 1730 g/mol. The quantitative estimate of drug-likeness (QED) is 0.0306. The van der Waals surface area contributed by atoms with Gasteiger partial charge in [-0.25, -0.2) is 23.2 Å². The maximum absolute atomic E-state index is 14.8. The fraction of sp³-hybridized carbons (Fsp3) is 0.452. The Hall–Kier alpha value is -4.26. The standard InChI is InChI=1S/C22H24F2N2O7.C17H18F2N2O6.C14H18N2O7.C8H7BrF2.CH4O.H3N.4Y/c1-4-16-18(31-13(2)27)19(32-14(3)28)20(33-16)25-11-10-17(29)26(21(25)30)12-22(23,24)15-8-6-5-7-9-15;18-17(19,10-4-2-1-3-5-10)9-21-12(23)6-7-20(16(21)26)15-14(25)13(24)11(8-22)27-15;1-4-9-11(21-7(2)17)12(22-8(3)18)13(23-9)16-6-5-10(19)15-14(16)20;9-6-8(10,11)7-4-2-1-3-5-7;1-2;;;;;/h5-11,16,18-20H,4,12H2,1-3H3;1-7,11,13-15,22,24-25H,8-9H2;5-6,9,11-13H,4H2,1-3H3,(H,15,19,20);1-5H,6H2;2H,1H3;1H3;;;;/t16?,18?,19-,20?;11?,13?,14-,15?;9?,11?,12-,13?;;;;;;;/m000......./s1. The van der Waals surface area contributed by atoms with Crippen molar-refractivity contribution in [3.8, 4) is 0 Å². The number of nitrogens with one attached hydrogen (secondary N) is 1. The molecule has 8 N–H and O–H groups in total. The van der Waals surface area contributed by atoms with Gasteiger partial charge in [0.25, 0.3) is 34.4 Å². The zero-order chi connectivity index (χ0) is 71.6. The second-order valence-corrected chi connectivity index (χ2v) is 21.8. The van der Waals surface area contributed by atoms with Crippen molar-refractivity contribution in [2.24, 2.45) is 0 Å². The number of rotatable bonds is 18. The molecule has 3 aromatic carbocycles. The smallest absolute Gasteiger partial charge is 0.333 e. The zero-order valence-electron chi connectivity index (χ0n) is 55.4. The van der Waals surface area contributed by atoms with E-state index < -0.39 is 169 Å². The van der Waals surface area contributed by atoms with Crippen LogP contribution in [0.4, 0.5) is 26.3 Å². The molecule has 0 amide bonds. The van der Waals surface area contributed by atoms with Crippen LogP contribution in [0, 0.1) is 0 Å². The van der Waals surface area contributed by atoms with Crippen molar-refractivity contribution in [2.45, 2.75) is 159 Å². The number of aromatic nitrogens is 6. The molecule has 3 aliphatic rings. The molecule has 39 heteroatoms. The Morgan fingerprint density at radius 3 is 1.12 bits per heavy atom. The number of aromatic amines is 1. The molecule has 9 unspecified atom stereocenters. The van der Waals surface area contributed by atoms with Crippen LogP contribution in [-0.4, -0.2) is 146 Å². The molecule has 12 atom stereocenters. The summed E-state index contributed by atoms with van der Waals surface area (Å²) in [5.74, 6) is -12.3. The van der Waals surface area contributed by atoms with E-state index in [0.717, 1.165) is 58.3 Å². The number of aliphatic hydroxyl groups is 4. The Morgan fingerprint density at radius 2 is 0.802 bits per heavy atom. The number of ether oxygens (including phenoxy) is 7. The van der Waals surface area contributed by atoms with E-state index in [9.17, 15) is 84.5 Å². The van der Waals surface area contributed by atoms with Gasteiger partial charge in [-0.1, -0.05) is 121 Å². The van der Waals surface area contributed by atoms with Gasteiger partial charge in [0, 0.05) is 219 Å². The summed E-state index contributed by atoms with van der Waals surface area (Å²) >= 11 is 2.76. The first kappa shape index (κ1) is 96.7. The Kier molecular flexibility index (Phi) is 42.8. The van der Waals surface area contributed by atoms with Gasteiger partial charge < -0.3 is 59.7 Å². The van der Waals surface area contributed by atoms with Gasteiger partial charge in [-0.15, -0.1) is 0 Å². The van der Waals surface area contributed by atoms with Crippen LogP contribution in [0.1, 0.15) is 89.8 Å². The number of esters is 4. The molecule has 101 heavy (non-hydrogen) atoms. The fourth-order valence-corrected chi connectivity index (χ4v) is 10.3. The normalized spacial score (nSPS) is 21.7. The zero-order valence-corrected chi connectivity index (χ0v) is 68.4. The molecule has 6 heterocycles. The first-order valence-electron chi connectivity index (χ1n) is 29.2. The Balaban J connectivity index is 0.00000135. The van der Waals surface area contributed by atoms with Crippen LogP contribution in [0.2, 0.25) is 0 Å². The molecule has 3 aliphatic heterocycles. The van der Waals surface area contributed by atoms with Crippen LogP contribution in [-0.2, 0) is 214 Å². The summed E-state index contributed by atoms with van der Waals surface area (Å²) in [4.78, 5) is 121. The van der Waals surface area contributed by atoms with Gasteiger partial charge in [-0.2, -0.15) is 17.6 Å². The van der Waals surface area contributed by atoms with Crippen molar-refractivity contribution < 1.29 is 230 Å². The summed E-state index contributed by atoms with van der Waals surface area (Å²) < 4.78 is 126. The molecular formula is C62H74BrF6N7O21Y4. The van der Waals surface area contributed by atoms with Crippen LogP contribution >= 0.6 is 15.9 Å². The molecule has 3 saturated heterocycles. The Bertz CT molecular complexity index is 3960. The largest absolute Gasteiger partial charge is 0.456 e. The number of carbonyl (C=O) groups is 4. The van der Waals surface area contributed by atoms with E-state index in [1.807, 2.05) is 6.92 Å². The van der Waals surface area contributed by atoms with Gasteiger partial charge in [0.05, 0.1) is 25.0 Å². The second-order valence-electron chi connectivity index (χ2n) is 21.2. The number of carbonyl (C=O) groups excluding carboxylic acids is 4. The maximum Gasteiger partial charge on any atom is 0.333 e. The number of halogens is 7. The first-order chi connectivity index (χ1) is 45.3. The molecule has 0 saturated carbocycles. The van der Waals surface area contributed by atoms with Crippen LogP contribution in [0.25, 0.3) is 0 Å². The predicted molar refractivity (Wildman–Crippen MR) is 333 cm³/mol. The Morgan fingerprint density at radius 1 is 0.485 bits per heavy atom. The molecule has 9 rings (SSSR count). The third kappa shape index (κ3) is 26.0. The molecule has 4 radical (unpaired) electrons. The summed E-state index contributed by atoms with van der Waals surface area (Å²) in [6, 6.07) is 24.3. The van der Waals surface area contributed by atoms with Crippen molar-refractivity contribution in [3.63, 3.8) is 0 Å². The molecule has 0 aliphatic carbocycles. The minimum Gasteiger partial charge on any atom is -0.456 e. The van der Waals surface area contributed by atoms with E-state index in [-0.39, 0.29) is 159 Å². The second kappa shape index (κ2) is 44.6. The number of aliphatic hydroxyl groups excluding tert-OH is 4. The number of hydrogen-bond donors (Lipinski definition) is 6. The van der Waals surface area contributed by atoms with E-state index in [4.69, 9.17) is 43.4 Å². The topological polar surface area (TPSA) is 392 Å². The minimum atomic E-state index is -3.51. The van der Waals surface area contributed by atoms with Crippen molar-refractivity contribution >= 4 is 39.8 Å². The number of alkyl halides is 7. The van der Waals surface area contributed by atoms with Gasteiger partial charge in [-0.3, -0.25) is 61.4 Å². The summed E-state index contributed by atoms with van der Waals surface area (Å²) in [7, 11) is 1.00. The van der Waals surface area contributed by atoms with Crippen molar-refractivity contribution in [1.82, 2.24) is 34.0 Å². The number of nitrogens with zero attached hydrogens (tertiary/aromatic N) is 5. The van der Waals surface area contributed by atoms with Gasteiger partial charge >= 0.3 is 40.9 Å². The molecule has 28 nitrogen and oxygen atoms in total. The molecule has 3 aromatic heterocycles. The van der Waals surface area contributed by atoms with Gasteiger partial charge in [0.1, 0.15) is 30.5 Å². The van der Waals surface area contributed by atoms with Gasteiger partial charge in [0.15, 0.2) is 43.1 Å². The van der Waals surface area contributed by atoms with E-state index in [0.29, 0.717) is 22.0 Å². The van der Waals surface area contributed by atoms with Crippen LogP contribution in [0.3, 0.4) is 0 Å². The average Bonchev–Trinajstić information content (AvgIpc) is 1.64. The summed E-state index contributed by atoms with van der Waals surface area (Å²) in [6.07, 6.45) is -9.19. The first-order valence-corrected chi connectivity index (χ1v) is 30.3. The fourth-order valence-electron chi connectivity index (χ4n) is 10.0. The number of H-pyrrole nitrogens is 1. The predicted octanol–water partition coefficient (Wildman–Crippen LogP) is 4.03. The van der Waals surface area contributed by atoms with Crippen LogP contribution in [0.5, 0.6) is 0 Å². The molecule has 0 spiro atoms. The molecule has 0 bridgehead atoms. The van der Waals surface area contributed by atoms with Gasteiger partial charge in [0.2, 0.25) is 0 Å². The van der Waals surface area contributed by atoms with E-state index in [1.54, 1.807) is 37.3 Å². The monoisotopic (exact) mass is 1800 g/mol. The van der Waals surface area contributed by atoms with Crippen LogP contribution < -0.4 is 39.9 Å². The minimum absolute atomic E-state index is 0. The van der Waals surface area contributed by atoms with Gasteiger partial charge in [-0.05, 0) is 12.8 Å². The van der Waals surface area contributed by atoms with Crippen molar-refractivity contribution in [2.75, 3.05) is 19.0 Å². The third-order valence-electron chi connectivity index (χ3n) is 14.4. The number of benzene rings is 3. The van der Waals surface area contributed by atoms with Crippen molar-refractivity contribution in [3.05, 3.63) is 207 Å². The molecule has 3 fully saturated rings. The summed E-state index contributed by atoms with van der Waals surface area (Å²) in [6.45, 7) is 5.26. The third-order valence-corrected chi connectivity index (χ3v) is 15.1. The maximum atomic E-state index is 14.8. The van der Waals surface area contributed by atoms with E-state index in [2.05, 4.69) is 20.9 Å². The van der Waals surface area contributed by atoms with E-state index in [1.165, 1.54) is 87.6 Å². The summed E-state index contributed by atoms with van der Waals surface area (Å²) in [5, 5.41) is 35.6. The van der Waals surface area contributed by atoms with E-state index >= 15 is 0 Å². The number of hydrogen-bond acceptors (Lipinski definition) is 22. The van der Waals surface area contributed by atoms with Crippen LogP contribution in [0.15, 0.2) is 157 Å². The SMILES string of the molecule is CCC1OC(n2ccc(=O)[nH]c2=O)[C@@H](OC(C)=O)C1OC(C)=O.CCC1OC(n2ccc(=O)n(CC(F)(F)c3ccccc3)c2=O)[C@@H](OC(C)=O)C1OC(C)=O.CO.FC(F)(CBr)c1ccccc1.N.O=c1ccn(C2OC(CO)C(O)[C@@H]2O)c(=O)n1CC(F)(F)c1ccccc1.[Y].[Y].[Y].[Y]. The Labute approximate surface area is 681 Å². The summed E-state index contributed by atoms with van der Waals surface area (Å²) in [5.41, 5.74) is -6.03. The van der Waals surface area contributed by atoms with Crippen molar-refractivity contribution in [1.29, 1.82) is 0 Å². The molecule has 544 valence electrons. The average molecular weight is 1800 g/mol. The molecule has 6 aromatic rings.